The Bertz CT molecular complexity index is 756. The highest BCUT2D eigenvalue weighted by Crippen LogP contribution is 2.32. The molecule has 25 heavy (non-hydrogen) atoms. The van der Waals surface area contributed by atoms with E-state index in [0.717, 1.165) is 17.3 Å². The predicted molar refractivity (Wildman–Crippen MR) is 107 cm³/mol. The van der Waals surface area contributed by atoms with E-state index in [-0.39, 0.29) is 24.4 Å². The van der Waals surface area contributed by atoms with Gasteiger partial charge in [0, 0.05) is 16.5 Å². The van der Waals surface area contributed by atoms with Crippen LogP contribution < -0.4 is 5.32 Å². The van der Waals surface area contributed by atoms with Gasteiger partial charge in [-0.2, -0.15) is 11.8 Å². The Labute approximate surface area is 164 Å². The molecule has 5 nitrogen and oxygen atoms in total. The molecule has 2 unspecified atom stereocenters. The minimum atomic E-state index is -0.553. The molecule has 2 heterocycles. The first-order chi connectivity index (χ1) is 11.9. The number of rotatable bonds is 4. The van der Waals surface area contributed by atoms with Crippen LogP contribution in [0.2, 0.25) is 5.02 Å². The lowest BCUT2D eigenvalue weighted by atomic mass is 10.2. The first-order valence-corrected chi connectivity index (χ1v) is 10.3. The summed E-state index contributed by atoms with van der Waals surface area (Å²) >= 11 is 13.9. The van der Waals surface area contributed by atoms with Gasteiger partial charge in [0.15, 0.2) is 0 Å². The van der Waals surface area contributed by atoms with Crippen LogP contribution in [0.4, 0.5) is 0 Å². The van der Waals surface area contributed by atoms with Gasteiger partial charge in [-0.15, -0.1) is 0 Å². The quantitative estimate of drug-likeness (QED) is 0.581. The van der Waals surface area contributed by atoms with Crippen molar-refractivity contribution in [2.45, 2.75) is 12.1 Å². The number of hydrogen-bond acceptors (Lipinski definition) is 6. The van der Waals surface area contributed by atoms with Gasteiger partial charge in [-0.3, -0.25) is 14.5 Å². The van der Waals surface area contributed by atoms with E-state index < -0.39 is 6.10 Å². The van der Waals surface area contributed by atoms with Gasteiger partial charge in [0.1, 0.15) is 10.9 Å². The fourth-order valence-corrected chi connectivity index (χ4v) is 5.08. The maximum Gasteiger partial charge on any atom is 0.266 e. The van der Waals surface area contributed by atoms with Crippen molar-refractivity contribution in [3.8, 4) is 0 Å². The van der Waals surface area contributed by atoms with Crippen molar-refractivity contribution < 1.29 is 14.7 Å². The van der Waals surface area contributed by atoms with Gasteiger partial charge in [0.05, 0.1) is 17.1 Å². The van der Waals surface area contributed by atoms with E-state index in [0.29, 0.717) is 25.8 Å². The molecule has 9 heteroatoms. The summed E-state index contributed by atoms with van der Waals surface area (Å²) in [7, 11) is 0. The SMILES string of the molecule is O=C(CN1C(=O)C(=Cc2cccc(Cl)c2)SC1=S)NC1CSCC1O. The van der Waals surface area contributed by atoms with Crippen molar-refractivity contribution in [2.24, 2.45) is 0 Å². The molecule has 2 amide bonds. The second kappa shape index (κ2) is 8.09. The van der Waals surface area contributed by atoms with Crippen LogP contribution in [0.15, 0.2) is 29.2 Å². The molecular formula is C16H15ClN2O3S3. The molecule has 0 spiro atoms. The molecule has 132 valence electrons. The highest BCUT2D eigenvalue weighted by Gasteiger charge is 2.34. The van der Waals surface area contributed by atoms with E-state index in [9.17, 15) is 14.7 Å². The topological polar surface area (TPSA) is 69.6 Å². The number of carbonyl (C=O) groups is 2. The van der Waals surface area contributed by atoms with Gasteiger partial charge in [0.2, 0.25) is 5.91 Å². The molecule has 2 N–H and O–H groups in total. The van der Waals surface area contributed by atoms with Crippen molar-refractivity contribution in [1.82, 2.24) is 10.2 Å². The second-order valence-corrected chi connectivity index (χ2v) is 8.79. The Morgan fingerprint density at radius 2 is 2.28 bits per heavy atom. The van der Waals surface area contributed by atoms with E-state index in [1.54, 1.807) is 36.0 Å². The van der Waals surface area contributed by atoms with E-state index in [1.807, 2.05) is 6.07 Å². The molecule has 2 atom stereocenters. The maximum atomic E-state index is 12.5. The fraction of sp³-hybridized carbons (Fsp3) is 0.312. The molecular weight excluding hydrogens is 400 g/mol. The Morgan fingerprint density at radius 1 is 1.48 bits per heavy atom. The highest BCUT2D eigenvalue weighted by atomic mass is 35.5. The van der Waals surface area contributed by atoms with E-state index in [1.165, 1.54) is 4.90 Å². The number of nitrogens with one attached hydrogen (secondary N) is 1. The molecule has 0 bridgehead atoms. The zero-order chi connectivity index (χ0) is 18.0. The summed E-state index contributed by atoms with van der Waals surface area (Å²) in [6.45, 7) is -0.147. The summed E-state index contributed by atoms with van der Waals surface area (Å²) < 4.78 is 0.342. The van der Waals surface area contributed by atoms with Gasteiger partial charge in [0.25, 0.3) is 5.91 Å². The molecule has 2 aliphatic heterocycles. The molecule has 3 rings (SSSR count). The monoisotopic (exact) mass is 414 g/mol. The van der Waals surface area contributed by atoms with Crippen molar-refractivity contribution in [3.63, 3.8) is 0 Å². The number of carbonyl (C=O) groups excluding carboxylic acids is 2. The van der Waals surface area contributed by atoms with E-state index in [4.69, 9.17) is 23.8 Å². The average molecular weight is 415 g/mol. The van der Waals surface area contributed by atoms with Crippen LogP contribution in [0.25, 0.3) is 6.08 Å². The van der Waals surface area contributed by atoms with Crippen LogP contribution in [-0.2, 0) is 9.59 Å². The third-order valence-electron chi connectivity index (χ3n) is 3.72. The number of nitrogens with zero attached hydrogens (tertiary/aromatic N) is 1. The summed E-state index contributed by atoms with van der Waals surface area (Å²) in [4.78, 5) is 26.4. The first kappa shape index (κ1) is 18.7. The van der Waals surface area contributed by atoms with Gasteiger partial charge in [-0.25, -0.2) is 0 Å². The van der Waals surface area contributed by atoms with E-state index >= 15 is 0 Å². The molecule has 0 saturated carbocycles. The summed E-state index contributed by atoms with van der Waals surface area (Å²) in [5, 5.41) is 13.1. The maximum absolute atomic E-state index is 12.5. The van der Waals surface area contributed by atoms with Crippen LogP contribution in [0.5, 0.6) is 0 Å². The molecule has 0 aliphatic carbocycles. The summed E-state index contributed by atoms with van der Waals surface area (Å²) in [5.41, 5.74) is 0.795. The number of aliphatic hydroxyl groups is 1. The van der Waals surface area contributed by atoms with Crippen molar-refractivity contribution >= 4 is 69.6 Å². The summed E-state index contributed by atoms with van der Waals surface area (Å²) in [6, 6.07) is 6.86. The number of benzene rings is 1. The zero-order valence-electron chi connectivity index (χ0n) is 13.0. The third kappa shape index (κ3) is 4.57. The summed E-state index contributed by atoms with van der Waals surface area (Å²) in [6.07, 6.45) is 1.16. The standard InChI is InChI=1S/C16H15ClN2O3S3/c17-10-3-1-2-9(4-10)5-13-15(22)19(16(23)25-13)6-14(21)18-11-7-24-8-12(11)20/h1-5,11-12,20H,6-8H2,(H,18,21). The Hall–Kier alpha value is -1.06. The molecule has 0 radical (unpaired) electrons. The number of thioether (sulfide) groups is 2. The van der Waals surface area contributed by atoms with Gasteiger partial charge >= 0.3 is 0 Å². The lowest BCUT2D eigenvalue weighted by Crippen LogP contribution is -2.47. The molecule has 2 fully saturated rings. The smallest absolute Gasteiger partial charge is 0.266 e. The van der Waals surface area contributed by atoms with Crippen LogP contribution in [0.1, 0.15) is 5.56 Å². The van der Waals surface area contributed by atoms with Crippen molar-refractivity contribution in [1.29, 1.82) is 0 Å². The Balaban J connectivity index is 1.66. The molecule has 1 aromatic carbocycles. The second-order valence-electron chi connectivity index (χ2n) is 5.60. The average Bonchev–Trinajstić information content (AvgIpc) is 3.06. The number of aliphatic hydroxyl groups excluding tert-OH is 1. The fourth-order valence-electron chi connectivity index (χ4n) is 2.46. The molecule has 2 saturated heterocycles. The van der Waals surface area contributed by atoms with Crippen LogP contribution in [0, 0.1) is 0 Å². The molecule has 0 aromatic heterocycles. The van der Waals surface area contributed by atoms with Gasteiger partial charge < -0.3 is 10.4 Å². The number of hydrogen-bond donors (Lipinski definition) is 2. The first-order valence-electron chi connectivity index (χ1n) is 7.50. The normalized spacial score (nSPS) is 25.0. The van der Waals surface area contributed by atoms with Crippen LogP contribution in [-0.4, -0.2) is 56.3 Å². The minimum Gasteiger partial charge on any atom is -0.390 e. The number of amides is 2. The van der Waals surface area contributed by atoms with Crippen LogP contribution >= 0.6 is 47.3 Å². The minimum absolute atomic E-state index is 0.147. The zero-order valence-corrected chi connectivity index (χ0v) is 16.2. The lowest BCUT2D eigenvalue weighted by molar-refractivity contribution is -0.129. The number of halogens is 1. The molecule has 2 aliphatic rings. The number of thiocarbonyl (C=S) groups is 1. The Kier molecular flexibility index (Phi) is 6.06. The predicted octanol–water partition coefficient (Wildman–Crippen LogP) is 2.13. The van der Waals surface area contributed by atoms with Crippen molar-refractivity contribution in [3.05, 3.63) is 39.8 Å². The Morgan fingerprint density at radius 3 is 2.96 bits per heavy atom. The van der Waals surface area contributed by atoms with Gasteiger partial charge in [-0.05, 0) is 23.8 Å². The van der Waals surface area contributed by atoms with Gasteiger partial charge in [-0.1, -0.05) is 47.7 Å². The lowest BCUT2D eigenvalue weighted by Gasteiger charge is -2.18. The van der Waals surface area contributed by atoms with Crippen molar-refractivity contribution in [2.75, 3.05) is 18.1 Å². The largest absolute Gasteiger partial charge is 0.390 e. The highest BCUT2D eigenvalue weighted by molar-refractivity contribution is 8.26. The molecule has 1 aromatic rings. The third-order valence-corrected chi connectivity index (χ3v) is 6.50. The van der Waals surface area contributed by atoms with Crippen LogP contribution in [0.3, 0.4) is 0 Å². The van der Waals surface area contributed by atoms with E-state index in [2.05, 4.69) is 5.32 Å². The summed E-state index contributed by atoms with van der Waals surface area (Å²) in [5.74, 6) is 0.646.